The molecule has 0 bridgehead atoms. The predicted octanol–water partition coefficient (Wildman–Crippen LogP) is 5.97. The lowest BCUT2D eigenvalue weighted by Crippen LogP contribution is -2.11. The molecule has 4 rings (SSSR count). The Morgan fingerprint density at radius 1 is 1.10 bits per heavy atom. The largest absolute Gasteiger partial charge is 0.487 e. The van der Waals surface area contributed by atoms with Crippen LogP contribution in [0.5, 0.6) is 5.75 Å². The van der Waals surface area contributed by atoms with E-state index in [9.17, 15) is 4.79 Å². The first kappa shape index (κ1) is 21.1. The Kier molecular flexibility index (Phi) is 6.96. The van der Waals surface area contributed by atoms with E-state index in [4.69, 9.17) is 4.74 Å². The van der Waals surface area contributed by atoms with Gasteiger partial charge in [-0.25, -0.2) is 4.98 Å². The molecule has 0 aliphatic carbocycles. The number of benzene rings is 2. The molecule has 2 aromatic carbocycles. The first-order valence-electron chi connectivity index (χ1n) is 9.74. The molecule has 31 heavy (non-hydrogen) atoms. The molecule has 7 heteroatoms. The van der Waals surface area contributed by atoms with Gasteiger partial charge in [-0.1, -0.05) is 36.0 Å². The number of amides is 1. The molecule has 0 aliphatic heterocycles. The second-order valence-electron chi connectivity index (χ2n) is 6.83. The fraction of sp³-hybridized carbons (Fsp3) is 0.125. The zero-order valence-corrected chi connectivity index (χ0v) is 18.6. The van der Waals surface area contributed by atoms with E-state index in [1.807, 2.05) is 79.0 Å². The summed E-state index contributed by atoms with van der Waals surface area (Å²) in [5.74, 6) is 1.34. The molecule has 1 N–H and O–H groups in total. The number of hydrogen-bond acceptors (Lipinski definition) is 6. The van der Waals surface area contributed by atoms with E-state index in [0.717, 1.165) is 27.0 Å². The Morgan fingerprint density at radius 2 is 1.97 bits per heavy atom. The average Bonchev–Trinajstić information content (AvgIpc) is 3.23. The Hall–Kier alpha value is -3.16. The third kappa shape index (κ3) is 6.16. The van der Waals surface area contributed by atoms with Gasteiger partial charge in [0, 0.05) is 40.3 Å². The summed E-state index contributed by atoms with van der Waals surface area (Å²) in [5, 5.41) is 4.98. The molecule has 0 saturated heterocycles. The summed E-state index contributed by atoms with van der Waals surface area (Å²) in [5.41, 5.74) is 4.34. The molecule has 5 nitrogen and oxygen atoms in total. The summed E-state index contributed by atoms with van der Waals surface area (Å²) < 4.78 is 6.84. The Labute approximate surface area is 189 Å². The highest BCUT2D eigenvalue weighted by Crippen LogP contribution is 2.26. The van der Waals surface area contributed by atoms with Crippen molar-refractivity contribution in [1.82, 2.24) is 9.97 Å². The van der Waals surface area contributed by atoms with E-state index in [2.05, 4.69) is 15.3 Å². The Morgan fingerprint density at radius 3 is 2.71 bits per heavy atom. The lowest BCUT2D eigenvalue weighted by Gasteiger charge is -2.09. The van der Waals surface area contributed by atoms with Gasteiger partial charge in [0.25, 0.3) is 5.91 Å². The van der Waals surface area contributed by atoms with Gasteiger partial charge in [-0.2, -0.15) is 0 Å². The molecule has 0 unspecified atom stereocenters. The number of thioether (sulfide) groups is 1. The van der Waals surface area contributed by atoms with Crippen LogP contribution in [0.3, 0.4) is 0 Å². The summed E-state index contributed by atoms with van der Waals surface area (Å²) in [4.78, 5) is 21.3. The molecule has 0 spiro atoms. The fourth-order valence-corrected chi connectivity index (χ4v) is 4.61. The summed E-state index contributed by atoms with van der Waals surface area (Å²) in [6.45, 7) is 2.37. The van der Waals surface area contributed by atoms with Crippen molar-refractivity contribution in [3.63, 3.8) is 0 Å². The third-order valence-corrected chi connectivity index (χ3v) is 6.59. The van der Waals surface area contributed by atoms with Crippen molar-refractivity contribution >= 4 is 34.7 Å². The number of nitrogens with zero attached hydrogens (tertiary/aromatic N) is 2. The van der Waals surface area contributed by atoms with Crippen LogP contribution in [0.2, 0.25) is 0 Å². The highest BCUT2D eigenvalue weighted by molar-refractivity contribution is 8.00. The average molecular weight is 448 g/mol. The van der Waals surface area contributed by atoms with Crippen LogP contribution in [-0.4, -0.2) is 15.9 Å². The minimum atomic E-state index is -0.156. The van der Waals surface area contributed by atoms with Crippen LogP contribution in [0.1, 0.15) is 27.3 Å². The number of ether oxygens (including phenoxy) is 1. The molecule has 4 aromatic rings. The maximum Gasteiger partial charge on any atom is 0.255 e. The number of pyridine rings is 1. The van der Waals surface area contributed by atoms with Gasteiger partial charge in [-0.15, -0.1) is 11.3 Å². The van der Waals surface area contributed by atoms with E-state index in [0.29, 0.717) is 23.6 Å². The molecule has 0 fully saturated rings. The van der Waals surface area contributed by atoms with Crippen molar-refractivity contribution in [2.45, 2.75) is 23.6 Å². The van der Waals surface area contributed by atoms with Crippen molar-refractivity contribution in [2.24, 2.45) is 0 Å². The highest BCUT2D eigenvalue weighted by Gasteiger charge is 2.08. The number of rotatable bonds is 8. The molecule has 156 valence electrons. The van der Waals surface area contributed by atoms with Gasteiger partial charge in [0.1, 0.15) is 16.7 Å². The minimum absolute atomic E-state index is 0.156. The van der Waals surface area contributed by atoms with Crippen molar-refractivity contribution in [3.05, 3.63) is 101 Å². The van der Waals surface area contributed by atoms with Crippen LogP contribution < -0.4 is 10.1 Å². The second-order valence-corrected chi connectivity index (χ2v) is 8.91. The summed E-state index contributed by atoms with van der Waals surface area (Å²) >= 11 is 3.36. The summed E-state index contributed by atoms with van der Waals surface area (Å²) in [6, 6.07) is 20.7. The summed E-state index contributed by atoms with van der Waals surface area (Å²) in [6.07, 6.45) is 1.74. The molecule has 0 atom stereocenters. The molecule has 2 aromatic heterocycles. The standard InChI is InChI=1S/C24H21N3O2S2/c1-17-15-30-24(26-17)31-16-18-8-10-19(11-9-18)23(28)27-20-6-4-7-22(13-20)29-14-21-5-2-3-12-25-21/h2-13,15H,14,16H2,1H3,(H,27,28). The van der Waals surface area contributed by atoms with Crippen LogP contribution in [-0.2, 0) is 12.4 Å². The van der Waals surface area contributed by atoms with Crippen molar-refractivity contribution in [1.29, 1.82) is 0 Å². The van der Waals surface area contributed by atoms with E-state index in [1.165, 1.54) is 0 Å². The van der Waals surface area contributed by atoms with Gasteiger partial charge < -0.3 is 10.1 Å². The SMILES string of the molecule is Cc1csc(SCc2ccc(C(=O)Nc3cccc(OCc4ccccn4)c3)cc2)n1. The Bertz CT molecular complexity index is 1140. The van der Waals surface area contributed by atoms with Gasteiger partial charge in [0.15, 0.2) is 0 Å². The summed E-state index contributed by atoms with van der Waals surface area (Å²) in [7, 11) is 0. The van der Waals surface area contributed by atoms with Crippen molar-refractivity contribution in [3.8, 4) is 5.75 Å². The van der Waals surface area contributed by atoms with Crippen molar-refractivity contribution < 1.29 is 9.53 Å². The molecular formula is C24H21N3O2S2. The number of carbonyl (C=O) groups is 1. The number of aryl methyl sites for hydroxylation is 1. The molecule has 0 radical (unpaired) electrons. The molecule has 2 heterocycles. The van der Waals surface area contributed by atoms with Crippen LogP contribution >= 0.6 is 23.1 Å². The number of nitrogens with one attached hydrogen (secondary N) is 1. The second kappa shape index (κ2) is 10.2. The van der Waals surface area contributed by atoms with E-state index in [-0.39, 0.29) is 5.91 Å². The van der Waals surface area contributed by atoms with E-state index >= 15 is 0 Å². The zero-order chi connectivity index (χ0) is 21.5. The third-order valence-electron chi connectivity index (χ3n) is 4.38. The number of thiazole rings is 1. The topological polar surface area (TPSA) is 64.1 Å². The fourth-order valence-electron chi connectivity index (χ4n) is 2.80. The van der Waals surface area contributed by atoms with E-state index in [1.54, 1.807) is 29.3 Å². The van der Waals surface area contributed by atoms with Crippen LogP contribution in [0, 0.1) is 6.92 Å². The van der Waals surface area contributed by atoms with Gasteiger partial charge in [0.05, 0.1) is 5.69 Å². The first-order valence-corrected chi connectivity index (χ1v) is 11.6. The number of anilines is 1. The molecule has 1 amide bonds. The molecule has 0 saturated carbocycles. The Balaban J connectivity index is 1.32. The first-order chi connectivity index (χ1) is 15.2. The van der Waals surface area contributed by atoms with Gasteiger partial charge in [-0.05, 0) is 48.9 Å². The van der Waals surface area contributed by atoms with Crippen LogP contribution in [0.25, 0.3) is 0 Å². The monoisotopic (exact) mass is 447 g/mol. The van der Waals surface area contributed by atoms with Gasteiger partial charge in [0.2, 0.25) is 0 Å². The maximum atomic E-state index is 12.6. The normalized spacial score (nSPS) is 10.6. The number of aromatic nitrogens is 2. The lowest BCUT2D eigenvalue weighted by molar-refractivity contribution is 0.102. The number of carbonyl (C=O) groups excluding carboxylic acids is 1. The molecular weight excluding hydrogens is 426 g/mol. The highest BCUT2D eigenvalue weighted by atomic mass is 32.2. The zero-order valence-electron chi connectivity index (χ0n) is 16.9. The smallest absolute Gasteiger partial charge is 0.255 e. The minimum Gasteiger partial charge on any atom is -0.487 e. The maximum absolute atomic E-state index is 12.6. The van der Waals surface area contributed by atoms with Crippen LogP contribution in [0.4, 0.5) is 5.69 Å². The lowest BCUT2D eigenvalue weighted by atomic mass is 10.1. The quantitative estimate of drug-likeness (QED) is 0.337. The van der Waals surface area contributed by atoms with Gasteiger partial charge in [-0.3, -0.25) is 9.78 Å². The van der Waals surface area contributed by atoms with Gasteiger partial charge >= 0.3 is 0 Å². The van der Waals surface area contributed by atoms with Crippen LogP contribution in [0.15, 0.2) is 82.6 Å². The predicted molar refractivity (Wildman–Crippen MR) is 126 cm³/mol. The van der Waals surface area contributed by atoms with Crippen molar-refractivity contribution in [2.75, 3.05) is 5.32 Å². The molecule has 0 aliphatic rings. The van der Waals surface area contributed by atoms with E-state index < -0.39 is 0 Å². The number of hydrogen-bond donors (Lipinski definition) is 1.